The standard InChI is InChI=1S/C13H15F3N4O/c1-9(17)12(19-20-18)10-4-2-5-11(8-10)21-7-3-6-13(14,15)16/h2-6,8H,7,17H2,1H3,(H2,18,19)/b6-3+,12-9+. The van der Waals surface area contributed by atoms with Crippen molar-refractivity contribution in [1.82, 2.24) is 0 Å². The van der Waals surface area contributed by atoms with E-state index in [-0.39, 0.29) is 12.7 Å². The maximum atomic E-state index is 11.9. The van der Waals surface area contributed by atoms with E-state index in [9.17, 15) is 13.2 Å². The molecule has 21 heavy (non-hydrogen) atoms. The number of nitrogens with two attached hydrogens (primary N) is 2. The zero-order valence-electron chi connectivity index (χ0n) is 11.3. The average Bonchev–Trinajstić information content (AvgIpc) is 2.40. The van der Waals surface area contributed by atoms with Crippen LogP contribution in [0.15, 0.2) is 52.5 Å². The molecular weight excluding hydrogens is 285 g/mol. The third-order valence-corrected chi connectivity index (χ3v) is 2.29. The Morgan fingerprint density at radius 1 is 1.38 bits per heavy atom. The van der Waals surface area contributed by atoms with Gasteiger partial charge in [-0.05, 0) is 25.1 Å². The van der Waals surface area contributed by atoms with Crippen LogP contribution in [0.5, 0.6) is 5.75 Å². The van der Waals surface area contributed by atoms with Crippen LogP contribution in [0.4, 0.5) is 13.2 Å². The number of hydrogen-bond donors (Lipinski definition) is 2. The molecule has 0 aliphatic rings. The molecule has 0 aromatic heterocycles. The molecule has 1 aromatic rings. The first-order valence-corrected chi connectivity index (χ1v) is 5.88. The molecule has 0 unspecified atom stereocenters. The number of ether oxygens (including phenoxy) is 1. The van der Waals surface area contributed by atoms with Crippen LogP contribution in [0.25, 0.3) is 5.70 Å². The highest BCUT2D eigenvalue weighted by atomic mass is 19.4. The van der Waals surface area contributed by atoms with Gasteiger partial charge >= 0.3 is 6.18 Å². The Morgan fingerprint density at radius 2 is 2.10 bits per heavy atom. The molecule has 0 saturated heterocycles. The maximum Gasteiger partial charge on any atom is 0.409 e. The second-order valence-corrected chi connectivity index (χ2v) is 4.03. The first-order valence-electron chi connectivity index (χ1n) is 5.88. The molecule has 1 rings (SSSR count). The Kier molecular flexibility index (Phi) is 5.77. The molecule has 0 heterocycles. The van der Waals surface area contributed by atoms with Gasteiger partial charge in [0.1, 0.15) is 18.1 Å². The van der Waals surface area contributed by atoms with Gasteiger partial charge in [0.05, 0.1) is 0 Å². The summed E-state index contributed by atoms with van der Waals surface area (Å²) in [5.41, 5.74) is 7.04. The second kappa shape index (κ2) is 7.32. The summed E-state index contributed by atoms with van der Waals surface area (Å²) < 4.78 is 41.0. The maximum absolute atomic E-state index is 11.9. The van der Waals surface area contributed by atoms with Crippen LogP contribution in [0.1, 0.15) is 12.5 Å². The molecule has 5 nitrogen and oxygen atoms in total. The van der Waals surface area contributed by atoms with Crippen LogP contribution in [-0.2, 0) is 0 Å². The van der Waals surface area contributed by atoms with Crippen molar-refractivity contribution in [3.8, 4) is 5.75 Å². The Morgan fingerprint density at radius 3 is 2.67 bits per heavy atom. The Bertz CT molecular complexity index is 561. The molecule has 0 bridgehead atoms. The number of halogens is 3. The van der Waals surface area contributed by atoms with Gasteiger partial charge in [-0.15, -0.1) is 5.11 Å². The first kappa shape index (κ1) is 16.5. The van der Waals surface area contributed by atoms with Gasteiger partial charge in [0.25, 0.3) is 0 Å². The molecule has 0 spiro atoms. The summed E-state index contributed by atoms with van der Waals surface area (Å²) in [5, 5.41) is 6.88. The van der Waals surface area contributed by atoms with Crippen LogP contribution in [0.2, 0.25) is 0 Å². The highest BCUT2D eigenvalue weighted by Gasteiger charge is 2.21. The van der Waals surface area contributed by atoms with E-state index < -0.39 is 6.18 Å². The third kappa shape index (κ3) is 5.98. The quantitative estimate of drug-likeness (QED) is 0.379. The van der Waals surface area contributed by atoms with Crippen LogP contribution in [0.3, 0.4) is 0 Å². The summed E-state index contributed by atoms with van der Waals surface area (Å²) in [6.45, 7) is 1.42. The first-order chi connectivity index (χ1) is 9.83. The molecule has 4 N–H and O–H groups in total. The minimum Gasteiger partial charge on any atom is -0.490 e. The van der Waals surface area contributed by atoms with E-state index in [0.29, 0.717) is 22.7 Å². The monoisotopic (exact) mass is 300 g/mol. The Hall–Kier alpha value is -2.51. The van der Waals surface area contributed by atoms with Crippen LogP contribution < -0.4 is 16.3 Å². The SMILES string of the molecule is C/C(N)=C(\N=NN)c1cccc(OC/C=C/C(F)(F)F)c1. The summed E-state index contributed by atoms with van der Waals surface area (Å²) in [6, 6.07) is 6.56. The molecule has 114 valence electrons. The Balaban J connectivity index is 2.82. The highest BCUT2D eigenvalue weighted by Crippen LogP contribution is 2.23. The number of alkyl halides is 3. The minimum absolute atomic E-state index is 0.120. The van der Waals surface area contributed by atoms with Crippen molar-refractivity contribution >= 4 is 5.70 Å². The minimum atomic E-state index is -4.35. The summed E-state index contributed by atoms with van der Waals surface area (Å²) in [4.78, 5) is 0. The lowest BCUT2D eigenvalue weighted by Gasteiger charge is -2.07. The van der Waals surface area contributed by atoms with E-state index in [1.165, 1.54) is 0 Å². The second-order valence-electron chi connectivity index (χ2n) is 4.03. The highest BCUT2D eigenvalue weighted by molar-refractivity contribution is 5.67. The van der Waals surface area contributed by atoms with Crippen molar-refractivity contribution in [2.75, 3.05) is 6.61 Å². The smallest absolute Gasteiger partial charge is 0.409 e. The van der Waals surface area contributed by atoms with Crippen molar-refractivity contribution in [3.63, 3.8) is 0 Å². The number of nitrogens with zero attached hydrogens (tertiary/aromatic N) is 2. The number of hydrogen-bond acceptors (Lipinski definition) is 4. The zero-order chi connectivity index (χ0) is 15.9. The van der Waals surface area contributed by atoms with Crippen molar-refractivity contribution in [3.05, 3.63) is 47.7 Å². The molecule has 0 fully saturated rings. The van der Waals surface area contributed by atoms with Crippen molar-refractivity contribution in [1.29, 1.82) is 0 Å². The van der Waals surface area contributed by atoms with E-state index in [4.69, 9.17) is 16.3 Å². The predicted octanol–water partition coefficient (Wildman–Crippen LogP) is 3.16. The lowest BCUT2D eigenvalue weighted by Crippen LogP contribution is -2.03. The van der Waals surface area contributed by atoms with Gasteiger partial charge in [-0.2, -0.15) is 13.2 Å². The van der Waals surface area contributed by atoms with Gasteiger partial charge in [-0.3, -0.25) is 0 Å². The fourth-order valence-corrected chi connectivity index (χ4v) is 1.48. The predicted molar refractivity (Wildman–Crippen MR) is 73.0 cm³/mol. The van der Waals surface area contributed by atoms with Crippen LogP contribution in [-0.4, -0.2) is 12.8 Å². The van der Waals surface area contributed by atoms with E-state index in [0.717, 1.165) is 6.08 Å². The lowest BCUT2D eigenvalue weighted by molar-refractivity contribution is -0.0801. The number of rotatable bonds is 5. The van der Waals surface area contributed by atoms with Crippen molar-refractivity contribution in [2.45, 2.75) is 13.1 Å². The van der Waals surface area contributed by atoms with Crippen LogP contribution in [0, 0.1) is 0 Å². The van der Waals surface area contributed by atoms with Gasteiger partial charge in [0, 0.05) is 17.3 Å². The largest absolute Gasteiger partial charge is 0.490 e. The third-order valence-electron chi connectivity index (χ3n) is 2.29. The molecule has 8 heteroatoms. The van der Waals surface area contributed by atoms with E-state index in [2.05, 4.69) is 10.3 Å². The number of benzene rings is 1. The van der Waals surface area contributed by atoms with Gasteiger partial charge in [-0.25, -0.2) is 0 Å². The molecular formula is C13H15F3N4O. The van der Waals surface area contributed by atoms with Gasteiger partial charge in [0.2, 0.25) is 0 Å². The normalized spacial score (nSPS) is 13.7. The van der Waals surface area contributed by atoms with E-state index in [1.807, 2.05) is 0 Å². The van der Waals surface area contributed by atoms with Gasteiger partial charge < -0.3 is 16.3 Å². The zero-order valence-corrected chi connectivity index (χ0v) is 11.3. The molecule has 0 amide bonds. The molecule has 0 aliphatic heterocycles. The molecule has 0 radical (unpaired) electrons. The Labute approximate surface area is 119 Å². The number of allylic oxidation sites excluding steroid dienone is 2. The summed E-state index contributed by atoms with van der Waals surface area (Å²) in [7, 11) is 0. The fourth-order valence-electron chi connectivity index (χ4n) is 1.48. The van der Waals surface area contributed by atoms with Crippen LogP contribution >= 0.6 is 0 Å². The lowest BCUT2D eigenvalue weighted by atomic mass is 10.1. The summed E-state index contributed by atoms with van der Waals surface area (Å²) in [6.07, 6.45) is -3.34. The van der Waals surface area contributed by atoms with Crippen molar-refractivity contribution in [2.24, 2.45) is 21.9 Å². The summed E-state index contributed by atoms with van der Waals surface area (Å²) >= 11 is 0. The summed E-state index contributed by atoms with van der Waals surface area (Å²) in [5.74, 6) is 5.38. The fraction of sp³-hybridized carbons (Fsp3) is 0.231. The molecule has 0 aliphatic carbocycles. The van der Waals surface area contributed by atoms with E-state index in [1.54, 1.807) is 31.2 Å². The molecule has 0 saturated carbocycles. The molecule has 1 aromatic carbocycles. The molecule has 0 atom stereocenters. The van der Waals surface area contributed by atoms with Crippen molar-refractivity contribution < 1.29 is 17.9 Å². The van der Waals surface area contributed by atoms with Gasteiger partial charge in [0.15, 0.2) is 0 Å². The average molecular weight is 300 g/mol. The van der Waals surface area contributed by atoms with E-state index >= 15 is 0 Å². The van der Waals surface area contributed by atoms with Gasteiger partial charge in [-0.1, -0.05) is 17.4 Å². The topological polar surface area (TPSA) is 86.0 Å².